The number of dihydropyridines is 1. The van der Waals surface area contributed by atoms with Gasteiger partial charge in [-0.2, -0.15) is 0 Å². The van der Waals surface area contributed by atoms with Crippen LogP contribution >= 0.6 is 0 Å². The zero-order chi connectivity index (χ0) is 48.6. The van der Waals surface area contributed by atoms with Crippen LogP contribution in [0.1, 0.15) is 130 Å². The Bertz CT molecular complexity index is 2160. The molecule has 10 aliphatic rings. The van der Waals surface area contributed by atoms with Crippen LogP contribution in [-0.2, 0) is 9.53 Å². The van der Waals surface area contributed by atoms with Crippen molar-refractivity contribution in [3.8, 4) is 0 Å². The SMILES string of the molecule is CCC[C@@H]1CC[C@@H]2[C@H]3O[C@]4(C=C[C@@H]3C1)[C@H]2[C@@H](O)CCC[C@]4(O)[C@](C)(O)[C@H]1CC[C@@]2(O)C3=C(NC[C@H](C)O)C(=O)[C@@H]4C[C@@H](O)[C@@H](O)C[C@@]45C[C@H](C4=C(CCCO)NC(N)C=C4)C=C[C@]35[C@@H](O)C[C@]12C. The molecule has 3 aliphatic heterocycles. The molecule has 378 valence electrons. The summed E-state index contributed by atoms with van der Waals surface area (Å²) in [5.74, 6) is -2.27. The van der Waals surface area contributed by atoms with Gasteiger partial charge in [0.05, 0.1) is 59.7 Å². The van der Waals surface area contributed by atoms with Gasteiger partial charge in [-0.3, -0.25) is 4.79 Å². The summed E-state index contributed by atoms with van der Waals surface area (Å²) in [5.41, 5.74) is -2.77. The number of hydrogen-bond acceptors (Lipinski definition) is 14. The van der Waals surface area contributed by atoms with Crippen LogP contribution in [0.15, 0.2) is 59.0 Å². The van der Waals surface area contributed by atoms with Gasteiger partial charge in [-0.05, 0) is 132 Å². The Morgan fingerprint density at radius 3 is 2.50 bits per heavy atom. The predicted molar refractivity (Wildman–Crippen MR) is 253 cm³/mol. The lowest BCUT2D eigenvalue weighted by atomic mass is 9.35. The maximum Gasteiger partial charge on any atom is 0.182 e. The lowest BCUT2D eigenvalue weighted by Gasteiger charge is -2.70. The molecule has 0 radical (unpaired) electrons. The Hall–Kier alpha value is -2.47. The van der Waals surface area contributed by atoms with Gasteiger partial charge in [-0.25, -0.2) is 0 Å². The van der Waals surface area contributed by atoms with Crippen molar-refractivity contribution in [2.75, 3.05) is 13.2 Å². The molecule has 1 saturated heterocycles. The van der Waals surface area contributed by atoms with Crippen molar-refractivity contribution >= 4 is 5.78 Å². The highest BCUT2D eigenvalue weighted by Crippen LogP contribution is 2.77. The van der Waals surface area contributed by atoms with Crippen LogP contribution < -0.4 is 16.4 Å². The van der Waals surface area contributed by atoms with E-state index >= 15 is 4.79 Å². The van der Waals surface area contributed by atoms with Crippen LogP contribution in [-0.4, -0.2) is 130 Å². The Morgan fingerprint density at radius 2 is 1.76 bits per heavy atom. The first-order valence-electron chi connectivity index (χ1n) is 26.4. The summed E-state index contributed by atoms with van der Waals surface area (Å²) in [5, 5.41) is 118. The Kier molecular flexibility index (Phi) is 12.3. The van der Waals surface area contributed by atoms with E-state index in [0.717, 1.165) is 43.4 Å². The van der Waals surface area contributed by atoms with Gasteiger partial charge in [0.2, 0.25) is 0 Å². The fourth-order valence-electron chi connectivity index (χ4n) is 17.9. The van der Waals surface area contributed by atoms with Crippen molar-refractivity contribution < 1.29 is 55.5 Å². The van der Waals surface area contributed by atoms with Gasteiger partial charge in [0, 0.05) is 58.9 Å². The summed E-state index contributed by atoms with van der Waals surface area (Å²) in [4.78, 5) is 15.6. The zero-order valence-electron chi connectivity index (χ0n) is 40.7. The number of allylic oxidation sites excluding steroid dienone is 5. The van der Waals surface area contributed by atoms with Crippen LogP contribution in [0.5, 0.6) is 0 Å². The summed E-state index contributed by atoms with van der Waals surface area (Å²) in [6.07, 6.45) is 13.4. The minimum atomic E-state index is -1.96. The Labute approximate surface area is 401 Å². The first-order valence-corrected chi connectivity index (χ1v) is 26.4. The topological polar surface area (TPSA) is 258 Å². The highest BCUT2D eigenvalue weighted by Gasteiger charge is 2.81. The van der Waals surface area contributed by atoms with Crippen LogP contribution in [0.25, 0.3) is 0 Å². The number of carbonyl (C=O) groups excluding carboxylic acids is 1. The molecule has 68 heavy (non-hydrogen) atoms. The smallest absolute Gasteiger partial charge is 0.182 e. The van der Waals surface area contributed by atoms with E-state index in [4.69, 9.17) is 10.5 Å². The molecule has 1 unspecified atom stereocenters. The number of fused-ring (bicyclic) bond motifs is 3. The number of ether oxygens (including phenoxy) is 1. The molecule has 0 aromatic heterocycles. The molecular formula is C54H81N3O11. The lowest BCUT2D eigenvalue weighted by molar-refractivity contribution is -0.286. The normalized spacial score (nSPS) is 50.5. The fraction of sp³-hybridized carbons (Fsp3) is 0.796. The minimum Gasteiger partial charge on any atom is -0.396 e. The van der Waals surface area contributed by atoms with Crippen LogP contribution in [0.3, 0.4) is 0 Å². The number of Topliss-reactive ketones (excluding diaryl/α,β-unsaturated/α-hetero) is 1. The van der Waals surface area contributed by atoms with E-state index in [1.807, 2.05) is 37.3 Å². The van der Waals surface area contributed by atoms with Gasteiger partial charge in [0.25, 0.3) is 0 Å². The highest BCUT2D eigenvalue weighted by molar-refractivity contribution is 6.00. The van der Waals surface area contributed by atoms with Gasteiger partial charge in [-0.1, -0.05) is 63.5 Å². The molecule has 14 nitrogen and oxygen atoms in total. The molecular weight excluding hydrogens is 867 g/mol. The van der Waals surface area contributed by atoms with Crippen LogP contribution in [0.4, 0.5) is 0 Å². The molecule has 2 bridgehead atoms. The fourth-order valence-corrected chi connectivity index (χ4v) is 17.9. The second-order valence-corrected chi connectivity index (χ2v) is 24.1. The predicted octanol–water partition coefficient (Wildman–Crippen LogP) is 3.04. The average molecular weight is 948 g/mol. The second kappa shape index (κ2) is 17.1. The van der Waals surface area contributed by atoms with E-state index in [1.54, 1.807) is 13.8 Å². The van der Waals surface area contributed by atoms with E-state index in [0.29, 0.717) is 31.6 Å². The molecule has 5 saturated carbocycles. The van der Waals surface area contributed by atoms with E-state index in [2.05, 4.69) is 23.6 Å². The third kappa shape index (κ3) is 6.56. The molecule has 10 rings (SSSR count). The molecule has 3 spiro atoms. The summed E-state index contributed by atoms with van der Waals surface area (Å²) in [6, 6.07) is 0. The molecule has 21 atom stereocenters. The summed E-state index contributed by atoms with van der Waals surface area (Å²) >= 11 is 0. The van der Waals surface area contributed by atoms with Crippen molar-refractivity contribution in [2.24, 2.45) is 63.4 Å². The molecule has 0 aromatic rings. The third-order valence-electron chi connectivity index (χ3n) is 20.7. The Morgan fingerprint density at radius 1 is 0.985 bits per heavy atom. The molecule has 7 aliphatic carbocycles. The van der Waals surface area contributed by atoms with Crippen molar-refractivity contribution in [1.29, 1.82) is 0 Å². The van der Waals surface area contributed by atoms with Crippen LogP contribution in [0.2, 0.25) is 0 Å². The van der Waals surface area contributed by atoms with Crippen LogP contribution in [0, 0.1) is 57.7 Å². The van der Waals surface area contributed by atoms with Gasteiger partial charge in [0.15, 0.2) is 5.78 Å². The minimum absolute atomic E-state index is 0.0192. The van der Waals surface area contributed by atoms with Gasteiger partial charge in [-0.15, -0.1) is 0 Å². The largest absolute Gasteiger partial charge is 0.396 e. The first kappa shape index (κ1) is 49.1. The molecule has 6 fully saturated rings. The number of ketones is 1. The van der Waals surface area contributed by atoms with Crippen molar-refractivity contribution in [1.82, 2.24) is 10.6 Å². The maximum absolute atomic E-state index is 15.6. The lowest BCUT2D eigenvalue weighted by Crippen LogP contribution is -2.75. The monoisotopic (exact) mass is 948 g/mol. The van der Waals surface area contributed by atoms with E-state index in [1.165, 1.54) is 0 Å². The zero-order valence-corrected chi connectivity index (χ0v) is 40.7. The number of nitrogens with one attached hydrogen (secondary N) is 2. The number of carbonyl (C=O) groups is 1. The molecule has 3 heterocycles. The Balaban J connectivity index is 1.12. The third-order valence-corrected chi connectivity index (χ3v) is 20.7. The first-order chi connectivity index (χ1) is 32.2. The number of aliphatic hydroxyl groups excluding tert-OH is 6. The molecule has 0 amide bonds. The number of nitrogens with two attached hydrogens (primary N) is 1. The van der Waals surface area contributed by atoms with E-state index in [9.17, 15) is 46.0 Å². The van der Waals surface area contributed by atoms with Gasteiger partial charge in [0.1, 0.15) is 11.2 Å². The standard InChI is InChI=1S/C54H81N3O11/c1-5-8-30-11-12-34-43-37(60)10-6-18-54(67,53(43)21-16-31(23-30)46(34)68-53)49(4,65)40-17-20-52(66)47-44(56-28-29(2)59)45(64)35-24-38(61)39(62)26-50(35)25-32(15-19-51(47,50)41(63)27-48(40,52)3)33-13-14-42(55)57-36(33)9-7-22-58/h13-16,19,21,29-32,34-35,37-43,46,56-63,65-67H,5-12,17-18,20,22-28,55H2,1-4H3/t29-,30+,31+,32+,34-,35-,37-,38+,39-,40-,41-,42?,43+,46-,48+,49+,50-,51-,52+,53+,54-/m0/s1. The highest BCUT2D eigenvalue weighted by atomic mass is 16.5. The van der Waals surface area contributed by atoms with E-state index in [-0.39, 0.29) is 99.0 Å². The molecule has 14 heteroatoms. The average Bonchev–Trinajstić information content (AvgIpc) is 3.60. The summed E-state index contributed by atoms with van der Waals surface area (Å²) in [6.45, 7) is 7.28. The number of rotatable bonds is 11. The van der Waals surface area contributed by atoms with Crippen molar-refractivity contribution in [2.45, 2.75) is 196 Å². The quantitative estimate of drug-likeness (QED) is 0.133. The van der Waals surface area contributed by atoms with Crippen molar-refractivity contribution in [3.63, 3.8) is 0 Å². The number of hydrogen-bond donors (Lipinski definition) is 12. The molecule has 13 N–H and O–H groups in total. The van der Waals surface area contributed by atoms with Gasteiger partial charge >= 0.3 is 0 Å². The second-order valence-electron chi connectivity index (χ2n) is 24.1. The maximum atomic E-state index is 15.6. The van der Waals surface area contributed by atoms with Crippen molar-refractivity contribution in [3.05, 3.63) is 59.0 Å². The van der Waals surface area contributed by atoms with Gasteiger partial charge < -0.3 is 67.1 Å². The summed E-state index contributed by atoms with van der Waals surface area (Å²) < 4.78 is 7.26. The number of aliphatic hydroxyl groups is 9. The van der Waals surface area contributed by atoms with E-state index < -0.39 is 93.1 Å². The summed E-state index contributed by atoms with van der Waals surface area (Å²) in [7, 11) is 0. The molecule has 0 aromatic carbocycles.